The molecule has 0 spiro atoms. The summed E-state index contributed by atoms with van der Waals surface area (Å²) in [5.74, 6) is 0.901. The van der Waals surface area contributed by atoms with E-state index in [1.807, 2.05) is 0 Å². The zero-order valence-corrected chi connectivity index (χ0v) is 19.3. The fraction of sp³-hybridized carbons (Fsp3) is 0.348. The number of aliphatic imine (C=N–C) groups is 1. The zero-order chi connectivity index (χ0) is 23.9. The van der Waals surface area contributed by atoms with Gasteiger partial charge in [0.15, 0.2) is 11.5 Å². The predicted molar refractivity (Wildman–Crippen MR) is 123 cm³/mol. The maximum absolute atomic E-state index is 13.0. The number of anilines is 1. The summed E-state index contributed by atoms with van der Waals surface area (Å²) in [6.07, 6.45) is 1.06. The summed E-state index contributed by atoms with van der Waals surface area (Å²) in [6, 6.07) is 11.0. The fourth-order valence-corrected chi connectivity index (χ4v) is 5.56. The Morgan fingerprint density at radius 3 is 2.65 bits per heavy atom. The molecule has 0 unspecified atom stereocenters. The van der Waals surface area contributed by atoms with Crippen LogP contribution in [0.1, 0.15) is 25.3 Å². The molecule has 0 saturated carbocycles. The average Bonchev–Trinajstić information content (AvgIpc) is 3.40. The first-order chi connectivity index (χ1) is 16.3. The monoisotopic (exact) mass is 484 g/mol. The normalized spacial score (nSPS) is 20.5. The summed E-state index contributed by atoms with van der Waals surface area (Å²) in [5, 5.41) is 2.91. The minimum Gasteiger partial charge on any atom is -0.454 e. The van der Waals surface area contributed by atoms with Gasteiger partial charge < -0.3 is 19.7 Å². The minimum absolute atomic E-state index is 0.101. The molecule has 2 amide bonds. The molecule has 34 heavy (non-hydrogen) atoms. The van der Waals surface area contributed by atoms with Crippen LogP contribution >= 0.6 is 0 Å². The van der Waals surface area contributed by atoms with Crippen LogP contribution in [0.3, 0.4) is 0 Å². The van der Waals surface area contributed by atoms with Crippen molar-refractivity contribution in [3.63, 3.8) is 0 Å². The van der Waals surface area contributed by atoms with E-state index in [9.17, 15) is 18.0 Å². The highest BCUT2D eigenvalue weighted by atomic mass is 32.2. The summed E-state index contributed by atoms with van der Waals surface area (Å²) in [7, 11) is -3.66. The largest absolute Gasteiger partial charge is 0.454 e. The Hall–Kier alpha value is -3.60. The molecule has 0 aliphatic carbocycles. The summed E-state index contributed by atoms with van der Waals surface area (Å²) in [6.45, 7) is 2.66. The van der Waals surface area contributed by atoms with E-state index in [0.717, 1.165) is 0 Å². The molecule has 178 valence electrons. The second kappa shape index (κ2) is 8.64. The Balaban J connectivity index is 1.18. The zero-order valence-electron chi connectivity index (χ0n) is 18.5. The van der Waals surface area contributed by atoms with E-state index in [0.29, 0.717) is 48.7 Å². The van der Waals surface area contributed by atoms with Crippen LogP contribution in [0.25, 0.3) is 0 Å². The predicted octanol–water partition coefficient (Wildman–Crippen LogP) is 1.72. The van der Waals surface area contributed by atoms with Crippen molar-refractivity contribution >= 4 is 33.4 Å². The van der Waals surface area contributed by atoms with Gasteiger partial charge in [0.05, 0.1) is 4.90 Å². The third-order valence-corrected chi connectivity index (χ3v) is 7.56. The molecule has 0 radical (unpaired) electrons. The molecule has 1 atom stereocenters. The maximum atomic E-state index is 13.0. The molecule has 3 aliphatic heterocycles. The number of likely N-dealkylation sites (tertiary alicyclic amines) is 1. The summed E-state index contributed by atoms with van der Waals surface area (Å²) >= 11 is 0. The van der Waals surface area contributed by atoms with E-state index in [2.05, 4.69) is 15.0 Å². The first-order valence-corrected chi connectivity index (χ1v) is 12.5. The van der Waals surface area contributed by atoms with Crippen LogP contribution < -0.4 is 19.5 Å². The fourth-order valence-electron chi connectivity index (χ4n) is 4.32. The first-order valence-electron chi connectivity index (χ1n) is 11.0. The van der Waals surface area contributed by atoms with Crippen molar-refractivity contribution in [2.24, 2.45) is 10.9 Å². The van der Waals surface area contributed by atoms with E-state index in [4.69, 9.17) is 9.47 Å². The molecule has 2 N–H and O–H groups in total. The van der Waals surface area contributed by atoms with Crippen molar-refractivity contribution in [3.8, 4) is 11.5 Å². The summed E-state index contributed by atoms with van der Waals surface area (Å²) in [5.41, 5.74) is 1.09. The topological polar surface area (TPSA) is 126 Å². The lowest BCUT2D eigenvalue weighted by molar-refractivity contribution is -0.135. The van der Waals surface area contributed by atoms with E-state index < -0.39 is 16.1 Å². The molecular formula is C23H24N4O6S. The standard InChI is InChI=1S/C23H24N4O6S/c1-14(24-21-17-4-2-3-5-20(17)34(30,31)26-21)23(29)27-10-8-15(9-11-27)22(28)25-16-6-7-18-19(12-16)33-13-32-18/h2-7,12,14-15H,8-11,13H2,1H3,(H,24,26)(H,25,28)/t14-/m1/s1. The van der Waals surface area contributed by atoms with Gasteiger partial charge in [-0.1, -0.05) is 12.1 Å². The number of hydrogen-bond acceptors (Lipinski definition) is 7. The van der Waals surface area contributed by atoms with Crippen molar-refractivity contribution in [1.82, 2.24) is 9.62 Å². The molecule has 2 aromatic rings. The van der Waals surface area contributed by atoms with Gasteiger partial charge >= 0.3 is 0 Å². The minimum atomic E-state index is -3.66. The number of piperidine rings is 1. The highest BCUT2D eigenvalue weighted by Gasteiger charge is 2.33. The number of ether oxygens (including phenoxy) is 2. The van der Waals surface area contributed by atoms with Gasteiger partial charge in [0.2, 0.25) is 18.6 Å². The maximum Gasteiger partial charge on any atom is 0.263 e. The number of carbonyl (C=O) groups is 2. The molecule has 5 rings (SSSR count). The number of carbonyl (C=O) groups excluding carboxylic acids is 2. The van der Waals surface area contributed by atoms with Crippen LogP contribution in [-0.2, 0) is 19.6 Å². The average molecular weight is 485 g/mol. The van der Waals surface area contributed by atoms with E-state index in [-0.39, 0.29) is 35.3 Å². The van der Waals surface area contributed by atoms with Gasteiger partial charge in [0, 0.05) is 36.3 Å². The highest BCUT2D eigenvalue weighted by Crippen LogP contribution is 2.34. The van der Waals surface area contributed by atoms with Crippen molar-refractivity contribution in [2.45, 2.75) is 30.7 Å². The summed E-state index contributed by atoms with van der Waals surface area (Å²) in [4.78, 5) is 31.9. The van der Waals surface area contributed by atoms with Gasteiger partial charge in [-0.2, -0.15) is 0 Å². The first kappa shape index (κ1) is 22.2. The van der Waals surface area contributed by atoms with Gasteiger partial charge in [-0.05, 0) is 44.0 Å². The third-order valence-electron chi connectivity index (χ3n) is 6.16. The van der Waals surface area contributed by atoms with Crippen molar-refractivity contribution in [3.05, 3.63) is 48.0 Å². The van der Waals surface area contributed by atoms with Crippen LogP contribution in [0.15, 0.2) is 52.4 Å². The van der Waals surface area contributed by atoms with Crippen LogP contribution in [0.4, 0.5) is 5.69 Å². The van der Waals surface area contributed by atoms with Gasteiger partial charge in [-0.25, -0.2) is 8.42 Å². The molecule has 1 fully saturated rings. The van der Waals surface area contributed by atoms with Crippen LogP contribution in [0.2, 0.25) is 0 Å². The molecule has 2 aromatic carbocycles. The number of amides is 2. The Morgan fingerprint density at radius 2 is 1.85 bits per heavy atom. The van der Waals surface area contributed by atoms with Gasteiger partial charge in [-0.15, -0.1) is 0 Å². The molecule has 0 aromatic heterocycles. The Bertz CT molecular complexity index is 1280. The molecular weight excluding hydrogens is 460 g/mol. The van der Waals surface area contributed by atoms with Crippen molar-refractivity contribution in [1.29, 1.82) is 0 Å². The molecule has 0 bridgehead atoms. The Kier molecular flexibility index (Phi) is 5.64. The quantitative estimate of drug-likeness (QED) is 0.681. The molecule has 3 heterocycles. The third kappa shape index (κ3) is 4.18. The van der Waals surface area contributed by atoms with E-state index in [1.165, 1.54) is 6.07 Å². The Morgan fingerprint density at radius 1 is 1.12 bits per heavy atom. The van der Waals surface area contributed by atoms with Gasteiger partial charge in [0.25, 0.3) is 10.0 Å². The van der Waals surface area contributed by atoms with Gasteiger partial charge in [-0.3, -0.25) is 19.3 Å². The summed E-state index contributed by atoms with van der Waals surface area (Å²) < 4.78 is 37.6. The van der Waals surface area contributed by atoms with E-state index in [1.54, 1.807) is 48.2 Å². The smallest absolute Gasteiger partial charge is 0.263 e. The van der Waals surface area contributed by atoms with Crippen LogP contribution in [-0.4, -0.2) is 56.9 Å². The lowest BCUT2D eigenvalue weighted by Gasteiger charge is -2.32. The lowest BCUT2D eigenvalue weighted by Crippen LogP contribution is -2.45. The number of benzene rings is 2. The van der Waals surface area contributed by atoms with Gasteiger partial charge in [0.1, 0.15) is 11.9 Å². The number of nitrogens with one attached hydrogen (secondary N) is 2. The number of sulfonamides is 1. The van der Waals surface area contributed by atoms with Crippen LogP contribution in [0.5, 0.6) is 11.5 Å². The van der Waals surface area contributed by atoms with Crippen LogP contribution in [0, 0.1) is 5.92 Å². The molecule has 3 aliphatic rings. The number of hydrogen-bond donors (Lipinski definition) is 2. The number of fused-ring (bicyclic) bond motifs is 2. The second-order valence-corrected chi connectivity index (χ2v) is 10.1. The van der Waals surface area contributed by atoms with Crippen molar-refractivity contribution < 1.29 is 27.5 Å². The number of nitrogens with zero attached hydrogens (tertiary/aromatic N) is 2. The second-order valence-electron chi connectivity index (χ2n) is 8.41. The SMILES string of the molecule is C[C@@H](N=C1NS(=O)(=O)c2ccccc21)C(=O)N1CCC(C(=O)Nc2ccc3c(c2)OCO3)CC1. The number of amidine groups is 1. The number of rotatable bonds is 4. The Labute approximate surface area is 197 Å². The van der Waals surface area contributed by atoms with Crippen molar-refractivity contribution in [2.75, 3.05) is 25.2 Å². The highest BCUT2D eigenvalue weighted by molar-refractivity contribution is 7.90. The molecule has 1 saturated heterocycles. The van der Waals surface area contributed by atoms with E-state index >= 15 is 0 Å². The molecule has 11 heteroatoms. The lowest BCUT2D eigenvalue weighted by atomic mass is 9.95. The molecule has 10 nitrogen and oxygen atoms in total.